The predicted octanol–water partition coefficient (Wildman–Crippen LogP) is -0.0346. The molecule has 1 atom stereocenters. The van der Waals surface area contributed by atoms with E-state index in [0.717, 1.165) is 25.9 Å². The number of nitrogens with one attached hydrogen (secondary N) is 2. The maximum absolute atomic E-state index is 11.2. The molecule has 1 aliphatic rings. The van der Waals surface area contributed by atoms with E-state index in [1.54, 1.807) is 0 Å². The van der Waals surface area contributed by atoms with Gasteiger partial charge < -0.3 is 15.7 Å². The maximum atomic E-state index is 11.2. The Balaban J connectivity index is 2.30. The molecule has 15 heavy (non-hydrogen) atoms. The molecule has 0 aromatic rings. The molecule has 86 valence electrons. The fourth-order valence-electron chi connectivity index (χ4n) is 1.90. The van der Waals surface area contributed by atoms with E-state index in [2.05, 4.69) is 10.6 Å². The van der Waals surface area contributed by atoms with Crippen LogP contribution in [0.4, 0.5) is 0 Å². The number of amides is 1. The van der Waals surface area contributed by atoms with Crippen LogP contribution in [0.1, 0.15) is 26.2 Å². The molecule has 3 N–H and O–H groups in total. The van der Waals surface area contributed by atoms with E-state index in [9.17, 15) is 9.59 Å². The Morgan fingerprint density at radius 3 is 2.60 bits per heavy atom. The molecule has 5 nitrogen and oxygen atoms in total. The van der Waals surface area contributed by atoms with E-state index < -0.39 is 18.3 Å². The van der Waals surface area contributed by atoms with Gasteiger partial charge in [-0.2, -0.15) is 0 Å². The summed E-state index contributed by atoms with van der Waals surface area (Å²) >= 11 is 0. The van der Waals surface area contributed by atoms with E-state index in [4.69, 9.17) is 5.11 Å². The smallest absolute Gasteiger partial charge is 0.312 e. The first-order valence-electron chi connectivity index (χ1n) is 5.31. The molecular weight excluding hydrogens is 196 g/mol. The van der Waals surface area contributed by atoms with Crippen LogP contribution in [0, 0.1) is 5.92 Å². The number of carboxylic acid groups (broad SMARTS) is 1. The molecule has 1 rings (SSSR count). The third-order valence-electron chi connectivity index (χ3n) is 2.79. The van der Waals surface area contributed by atoms with Gasteiger partial charge in [0, 0.05) is 6.04 Å². The van der Waals surface area contributed by atoms with Crippen LogP contribution in [0.15, 0.2) is 0 Å². The second-order valence-electron chi connectivity index (χ2n) is 4.01. The summed E-state index contributed by atoms with van der Waals surface area (Å²) in [4.78, 5) is 21.5. The number of carbonyl (C=O) groups excluding carboxylic acids is 1. The summed E-state index contributed by atoms with van der Waals surface area (Å²) < 4.78 is 0. The van der Waals surface area contributed by atoms with Crippen molar-refractivity contribution in [2.75, 3.05) is 13.1 Å². The Morgan fingerprint density at radius 1 is 1.47 bits per heavy atom. The molecule has 1 heterocycles. The number of piperidine rings is 1. The molecule has 0 spiro atoms. The van der Waals surface area contributed by atoms with Crippen molar-refractivity contribution in [3.8, 4) is 0 Å². The highest BCUT2D eigenvalue weighted by molar-refractivity contribution is 5.93. The highest BCUT2D eigenvalue weighted by atomic mass is 16.4. The van der Waals surface area contributed by atoms with Crippen LogP contribution in [-0.2, 0) is 9.59 Å². The average molecular weight is 214 g/mol. The molecule has 0 saturated carbocycles. The lowest BCUT2D eigenvalue weighted by atomic mass is 9.91. The number of hydrogen-bond acceptors (Lipinski definition) is 3. The number of aliphatic carboxylic acids is 1. The number of rotatable bonds is 4. The van der Waals surface area contributed by atoms with Crippen LogP contribution in [0.25, 0.3) is 0 Å². The molecular formula is C10H18N2O3. The number of carboxylic acids is 1. The monoisotopic (exact) mass is 214 g/mol. The Labute approximate surface area is 89.2 Å². The molecule has 0 aromatic carbocycles. The predicted molar refractivity (Wildman–Crippen MR) is 55.5 cm³/mol. The van der Waals surface area contributed by atoms with Gasteiger partial charge in [0.05, 0.1) is 0 Å². The molecule has 1 aliphatic heterocycles. The van der Waals surface area contributed by atoms with Crippen molar-refractivity contribution in [2.45, 2.75) is 32.2 Å². The van der Waals surface area contributed by atoms with Crippen molar-refractivity contribution in [1.29, 1.82) is 0 Å². The maximum Gasteiger partial charge on any atom is 0.312 e. The zero-order valence-electron chi connectivity index (χ0n) is 8.95. The lowest BCUT2D eigenvalue weighted by molar-refractivity contribution is -0.140. The van der Waals surface area contributed by atoms with Crippen LogP contribution >= 0.6 is 0 Å². The van der Waals surface area contributed by atoms with Crippen LogP contribution in [0.3, 0.4) is 0 Å². The van der Waals surface area contributed by atoms with Crippen LogP contribution in [0.5, 0.6) is 0 Å². The lowest BCUT2D eigenvalue weighted by Crippen LogP contribution is -2.43. The molecule has 0 aromatic heterocycles. The normalized spacial score (nSPS) is 19.5. The van der Waals surface area contributed by atoms with Crippen molar-refractivity contribution in [3.63, 3.8) is 0 Å². The lowest BCUT2D eigenvalue weighted by Gasteiger charge is -2.28. The van der Waals surface area contributed by atoms with Gasteiger partial charge in [0.2, 0.25) is 5.91 Å². The molecule has 1 unspecified atom stereocenters. The summed E-state index contributed by atoms with van der Waals surface area (Å²) in [6.07, 6.45) is 1.64. The van der Waals surface area contributed by atoms with Gasteiger partial charge in [0.15, 0.2) is 0 Å². The van der Waals surface area contributed by atoms with Crippen LogP contribution in [0.2, 0.25) is 0 Å². The average Bonchev–Trinajstić information content (AvgIpc) is 2.17. The second-order valence-corrected chi connectivity index (χ2v) is 4.01. The Hall–Kier alpha value is -1.10. The van der Waals surface area contributed by atoms with Crippen molar-refractivity contribution in [1.82, 2.24) is 10.6 Å². The Morgan fingerprint density at radius 2 is 2.07 bits per heavy atom. The second kappa shape index (κ2) is 5.70. The largest absolute Gasteiger partial charge is 0.481 e. The molecule has 0 aliphatic carbocycles. The summed E-state index contributed by atoms with van der Waals surface area (Å²) in [6, 6.07) is 0.0685. The van der Waals surface area contributed by atoms with Gasteiger partial charge in [-0.25, -0.2) is 0 Å². The zero-order valence-corrected chi connectivity index (χ0v) is 8.95. The first-order chi connectivity index (χ1) is 7.09. The van der Waals surface area contributed by atoms with Gasteiger partial charge in [-0.05, 0) is 38.8 Å². The quantitative estimate of drug-likeness (QED) is 0.574. The fraction of sp³-hybridized carbons (Fsp3) is 0.800. The summed E-state index contributed by atoms with van der Waals surface area (Å²) in [6.45, 7) is 3.89. The van der Waals surface area contributed by atoms with Crippen molar-refractivity contribution in [3.05, 3.63) is 0 Å². The van der Waals surface area contributed by atoms with Gasteiger partial charge in [0.25, 0.3) is 0 Å². The molecule has 0 bridgehead atoms. The third kappa shape index (κ3) is 4.29. The van der Waals surface area contributed by atoms with Crippen molar-refractivity contribution < 1.29 is 14.7 Å². The highest BCUT2D eigenvalue weighted by Gasteiger charge is 2.21. The summed E-state index contributed by atoms with van der Waals surface area (Å²) in [5.41, 5.74) is 0. The van der Waals surface area contributed by atoms with Gasteiger partial charge in [-0.3, -0.25) is 9.59 Å². The first kappa shape index (κ1) is 12.0. The SMILES string of the molecule is CC(NC(=O)CC(=O)O)C1CCNCC1. The molecule has 0 radical (unpaired) electrons. The fourth-order valence-corrected chi connectivity index (χ4v) is 1.90. The third-order valence-corrected chi connectivity index (χ3v) is 2.79. The molecule has 5 heteroatoms. The van der Waals surface area contributed by atoms with Crippen molar-refractivity contribution in [2.24, 2.45) is 5.92 Å². The summed E-state index contributed by atoms with van der Waals surface area (Å²) in [7, 11) is 0. The number of hydrogen-bond donors (Lipinski definition) is 3. The van der Waals surface area contributed by atoms with E-state index in [1.165, 1.54) is 0 Å². The van der Waals surface area contributed by atoms with Crippen molar-refractivity contribution >= 4 is 11.9 Å². The van der Waals surface area contributed by atoms with Crippen LogP contribution < -0.4 is 10.6 Å². The first-order valence-corrected chi connectivity index (χ1v) is 5.31. The molecule has 1 fully saturated rings. The standard InChI is InChI=1S/C10H18N2O3/c1-7(8-2-4-11-5-3-8)12-9(13)6-10(14)15/h7-8,11H,2-6H2,1H3,(H,12,13)(H,14,15). The topological polar surface area (TPSA) is 78.4 Å². The Kier molecular flexibility index (Phi) is 4.55. The van der Waals surface area contributed by atoms with E-state index in [0.29, 0.717) is 5.92 Å². The molecule has 1 amide bonds. The Bertz CT molecular complexity index is 237. The van der Waals surface area contributed by atoms with Gasteiger partial charge >= 0.3 is 5.97 Å². The number of carbonyl (C=O) groups is 2. The summed E-state index contributed by atoms with van der Waals surface area (Å²) in [5, 5.41) is 14.4. The zero-order chi connectivity index (χ0) is 11.3. The van der Waals surface area contributed by atoms with Gasteiger partial charge in [0.1, 0.15) is 6.42 Å². The minimum atomic E-state index is -1.08. The summed E-state index contributed by atoms with van der Waals surface area (Å²) in [5.74, 6) is -1.01. The minimum absolute atomic E-state index is 0.0685. The van der Waals surface area contributed by atoms with E-state index >= 15 is 0 Å². The van der Waals surface area contributed by atoms with Gasteiger partial charge in [-0.15, -0.1) is 0 Å². The minimum Gasteiger partial charge on any atom is -0.481 e. The van der Waals surface area contributed by atoms with Gasteiger partial charge in [-0.1, -0.05) is 0 Å². The highest BCUT2D eigenvalue weighted by Crippen LogP contribution is 2.15. The molecule has 1 saturated heterocycles. The van der Waals surface area contributed by atoms with Crippen LogP contribution in [-0.4, -0.2) is 36.1 Å². The van der Waals surface area contributed by atoms with E-state index in [-0.39, 0.29) is 6.04 Å². The van der Waals surface area contributed by atoms with E-state index in [1.807, 2.05) is 6.92 Å².